The van der Waals surface area contributed by atoms with Gasteiger partial charge in [-0.05, 0) is 20.3 Å². The molecule has 14 heavy (non-hydrogen) atoms. The molecule has 0 aromatic carbocycles. The van der Waals surface area contributed by atoms with Crippen molar-refractivity contribution in [1.82, 2.24) is 0 Å². The van der Waals surface area contributed by atoms with E-state index < -0.39 is 0 Å². The van der Waals surface area contributed by atoms with Gasteiger partial charge in [-0.15, -0.1) is 12.4 Å². The number of halogens is 1. The third kappa shape index (κ3) is 8.04. The summed E-state index contributed by atoms with van der Waals surface area (Å²) in [6, 6.07) is -0.300. The van der Waals surface area contributed by atoms with Gasteiger partial charge in [0.25, 0.3) is 0 Å². The molecule has 0 aliphatic heterocycles. The van der Waals surface area contributed by atoms with Crippen molar-refractivity contribution < 1.29 is 14.6 Å². The van der Waals surface area contributed by atoms with Crippen LogP contribution in [0.5, 0.6) is 0 Å². The maximum atomic E-state index is 10.9. The first-order chi connectivity index (χ1) is 6.10. The van der Waals surface area contributed by atoms with Gasteiger partial charge < -0.3 is 15.6 Å². The Labute approximate surface area is 90.5 Å². The highest BCUT2D eigenvalue weighted by Crippen LogP contribution is 2.02. The summed E-state index contributed by atoms with van der Waals surface area (Å²) in [6.45, 7) is 3.83. The highest BCUT2D eigenvalue weighted by Gasteiger charge is 2.03. The van der Waals surface area contributed by atoms with E-state index >= 15 is 0 Å². The van der Waals surface area contributed by atoms with Gasteiger partial charge in [-0.2, -0.15) is 0 Å². The molecular formula is C9H18ClNO3. The van der Waals surface area contributed by atoms with Gasteiger partial charge >= 0.3 is 5.97 Å². The fourth-order valence-electron chi connectivity index (χ4n) is 0.922. The molecule has 0 heterocycles. The fraction of sp³-hybridized carbons (Fsp3) is 0.667. The number of aliphatic hydroxyl groups excluding tert-OH is 1. The summed E-state index contributed by atoms with van der Waals surface area (Å²) in [6.07, 6.45) is 1.91. The van der Waals surface area contributed by atoms with Crippen LogP contribution >= 0.6 is 12.4 Å². The third-order valence-electron chi connectivity index (χ3n) is 1.47. The molecule has 0 amide bonds. The SMILES string of the molecule is CCOC(=O)/C=C(\C)CC(N)CO.Cl. The lowest BCUT2D eigenvalue weighted by Crippen LogP contribution is -2.24. The predicted molar refractivity (Wildman–Crippen MR) is 57.3 cm³/mol. The molecule has 0 radical (unpaired) electrons. The van der Waals surface area contributed by atoms with Gasteiger partial charge in [-0.1, -0.05) is 5.57 Å². The lowest BCUT2D eigenvalue weighted by molar-refractivity contribution is -0.137. The summed E-state index contributed by atoms with van der Waals surface area (Å²) in [7, 11) is 0. The van der Waals surface area contributed by atoms with E-state index in [9.17, 15) is 4.79 Å². The zero-order valence-corrected chi connectivity index (χ0v) is 9.34. The highest BCUT2D eigenvalue weighted by atomic mass is 35.5. The first-order valence-electron chi connectivity index (χ1n) is 4.30. The predicted octanol–water partition coefficient (Wildman–Crippen LogP) is 0.627. The van der Waals surface area contributed by atoms with Crippen LogP contribution in [-0.2, 0) is 9.53 Å². The van der Waals surface area contributed by atoms with Gasteiger partial charge in [0.05, 0.1) is 13.2 Å². The molecule has 0 fully saturated rings. The Kier molecular flexibility index (Phi) is 10.2. The molecule has 0 aromatic heterocycles. The molecule has 1 unspecified atom stereocenters. The number of ether oxygens (including phenoxy) is 1. The molecule has 0 aliphatic carbocycles. The van der Waals surface area contributed by atoms with Crippen LogP contribution < -0.4 is 5.73 Å². The molecular weight excluding hydrogens is 206 g/mol. The summed E-state index contributed by atoms with van der Waals surface area (Å²) in [5, 5.41) is 8.65. The Balaban J connectivity index is 0. The smallest absolute Gasteiger partial charge is 0.330 e. The highest BCUT2D eigenvalue weighted by molar-refractivity contribution is 5.85. The van der Waals surface area contributed by atoms with Crippen molar-refractivity contribution in [2.45, 2.75) is 26.3 Å². The summed E-state index contributed by atoms with van der Waals surface area (Å²) in [5.74, 6) is -0.356. The van der Waals surface area contributed by atoms with E-state index in [4.69, 9.17) is 15.6 Å². The average molecular weight is 224 g/mol. The van der Waals surface area contributed by atoms with Crippen molar-refractivity contribution in [2.75, 3.05) is 13.2 Å². The summed E-state index contributed by atoms with van der Waals surface area (Å²) in [5.41, 5.74) is 6.30. The zero-order chi connectivity index (χ0) is 10.3. The van der Waals surface area contributed by atoms with Crippen LogP contribution in [0.3, 0.4) is 0 Å². The van der Waals surface area contributed by atoms with Crippen LogP contribution in [0.15, 0.2) is 11.6 Å². The largest absolute Gasteiger partial charge is 0.463 e. The molecule has 0 bridgehead atoms. The summed E-state index contributed by atoms with van der Waals surface area (Å²) < 4.78 is 4.71. The number of aliphatic hydroxyl groups is 1. The Morgan fingerprint density at radius 2 is 2.21 bits per heavy atom. The molecule has 0 aliphatic rings. The molecule has 4 nitrogen and oxygen atoms in total. The Hall–Kier alpha value is -0.580. The van der Waals surface area contributed by atoms with Crippen LogP contribution in [0, 0.1) is 0 Å². The van der Waals surface area contributed by atoms with Crippen molar-refractivity contribution in [3.63, 3.8) is 0 Å². The molecule has 84 valence electrons. The van der Waals surface area contributed by atoms with Gasteiger partial charge in [0.15, 0.2) is 0 Å². The van der Waals surface area contributed by atoms with Crippen molar-refractivity contribution in [1.29, 1.82) is 0 Å². The van der Waals surface area contributed by atoms with Gasteiger partial charge in [-0.3, -0.25) is 0 Å². The number of carbonyl (C=O) groups is 1. The minimum Gasteiger partial charge on any atom is -0.463 e. The van der Waals surface area contributed by atoms with E-state index in [1.165, 1.54) is 6.08 Å². The first-order valence-corrected chi connectivity index (χ1v) is 4.30. The molecule has 0 aromatic rings. The topological polar surface area (TPSA) is 72.5 Å². The van der Waals surface area contributed by atoms with E-state index in [-0.39, 0.29) is 31.0 Å². The van der Waals surface area contributed by atoms with Gasteiger partial charge in [-0.25, -0.2) is 4.79 Å². The zero-order valence-electron chi connectivity index (χ0n) is 8.53. The van der Waals surface area contributed by atoms with Crippen LogP contribution in [0.4, 0.5) is 0 Å². The fourth-order valence-corrected chi connectivity index (χ4v) is 0.922. The quantitative estimate of drug-likeness (QED) is 0.530. The molecule has 0 saturated carbocycles. The number of rotatable bonds is 5. The maximum absolute atomic E-state index is 10.9. The standard InChI is InChI=1S/C9H17NO3.ClH/c1-3-13-9(12)5-7(2)4-8(10)6-11;/h5,8,11H,3-4,6,10H2,1-2H3;1H/b7-5+;. The number of esters is 1. The number of carbonyl (C=O) groups excluding carboxylic acids is 1. The summed E-state index contributed by atoms with van der Waals surface area (Å²) >= 11 is 0. The minimum atomic E-state index is -0.356. The van der Waals surface area contributed by atoms with E-state index in [0.717, 1.165) is 5.57 Å². The molecule has 5 heteroatoms. The van der Waals surface area contributed by atoms with E-state index in [2.05, 4.69) is 0 Å². The molecule has 1 atom stereocenters. The maximum Gasteiger partial charge on any atom is 0.330 e. The van der Waals surface area contributed by atoms with E-state index in [0.29, 0.717) is 13.0 Å². The second-order valence-corrected chi connectivity index (χ2v) is 2.89. The molecule has 0 spiro atoms. The second-order valence-electron chi connectivity index (χ2n) is 2.89. The van der Waals surface area contributed by atoms with Crippen LogP contribution in [0.1, 0.15) is 20.3 Å². The van der Waals surface area contributed by atoms with Crippen molar-refractivity contribution in [3.05, 3.63) is 11.6 Å². The normalized spacial score (nSPS) is 13.0. The number of nitrogens with two attached hydrogens (primary N) is 1. The molecule has 3 N–H and O–H groups in total. The van der Waals surface area contributed by atoms with E-state index in [1.54, 1.807) is 13.8 Å². The third-order valence-corrected chi connectivity index (χ3v) is 1.47. The van der Waals surface area contributed by atoms with Crippen molar-refractivity contribution in [3.8, 4) is 0 Å². The average Bonchev–Trinajstić information content (AvgIpc) is 2.04. The lowest BCUT2D eigenvalue weighted by atomic mass is 10.1. The number of hydrogen-bond donors (Lipinski definition) is 2. The minimum absolute atomic E-state index is 0. The number of hydrogen-bond acceptors (Lipinski definition) is 4. The van der Waals surface area contributed by atoms with Crippen molar-refractivity contribution >= 4 is 18.4 Å². The second kappa shape index (κ2) is 8.99. The van der Waals surface area contributed by atoms with Gasteiger partial charge in [0.1, 0.15) is 0 Å². The van der Waals surface area contributed by atoms with Crippen molar-refractivity contribution in [2.24, 2.45) is 5.73 Å². The van der Waals surface area contributed by atoms with Gasteiger partial charge in [0, 0.05) is 12.1 Å². The first kappa shape index (κ1) is 15.9. The van der Waals surface area contributed by atoms with Crippen LogP contribution in [-0.4, -0.2) is 30.3 Å². The lowest BCUT2D eigenvalue weighted by Gasteiger charge is -2.07. The van der Waals surface area contributed by atoms with Crippen LogP contribution in [0.25, 0.3) is 0 Å². The van der Waals surface area contributed by atoms with Gasteiger partial charge in [0.2, 0.25) is 0 Å². The van der Waals surface area contributed by atoms with Crippen LogP contribution in [0.2, 0.25) is 0 Å². The Morgan fingerprint density at radius 3 is 2.64 bits per heavy atom. The summed E-state index contributed by atoms with van der Waals surface area (Å²) in [4.78, 5) is 10.9. The van der Waals surface area contributed by atoms with E-state index in [1.807, 2.05) is 0 Å². The Morgan fingerprint density at radius 1 is 1.64 bits per heavy atom. The monoisotopic (exact) mass is 223 g/mol. The molecule has 0 rings (SSSR count). The Bertz CT molecular complexity index is 194. The molecule has 0 saturated heterocycles.